The summed E-state index contributed by atoms with van der Waals surface area (Å²) in [6, 6.07) is 15.4. The fourth-order valence-corrected chi connectivity index (χ4v) is 3.38. The topological polar surface area (TPSA) is 74.2 Å². The van der Waals surface area contributed by atoms with Gasteiger partial charge in [0.25, 0.3) is 0 Å². The SMILES string of the molecule is COC(=O)c1ccc(CCCC2=CC=CC(=NOC(C)=O)C2)cc1OCc1ccccc1. The smallest absolute Gasteiger partial charge is 0.341 e. The van der Waals surface area contributed by atoms with Gasteiger partial charge in [0.05, 0.1) is 12.8 Å². The van der Waals surface area contributed by atoms with Crippen molar-refractivity contribution in [2.45, 2.75) is 39.2 Å². The molecule has 1 aliphatic rings. The summed E-state index contributed by atoms with van der Waals surface area (Å²) in [5.74, 6) is -0.324. The zero-order chi connectivity index (χ0) is 22.8. The molecule has 6 heteroatoms. The van der Waals surface area contributed by atoms with Crippen LogP contribution in [0.5, 0.6) is 5.75 Å². The number of carbonyl (C=O) groups is 2. The Morgan fingerprint density at radius 1 is 1.03 bits per heavy atom. The molecule has 0 fully saturated rings. The Labute approximate surface area is 188 Å². The van der Waals surface area contributed by atoms with Gasteiger partial charge in [0.15, 0.2) is 0 Å². The van der Waals surface area contributed by atoms with Crippen molar-refractivity contribution in [1.82, 2.24) is 0 Å². The number of aryl methyl sites for hydroxylation is 1. The van der Waals surface area contributed by atoms with Crippen LogP contribution in [-0.2, 0) is 27.4 Å². The van der Waals surface area contributed by atoms with E-state index in [-0.39, 0.29) is 0 Å². The highest BCUT2D eigenvalue weighted by Crippen LogP contribution is 2.25. The monoisotopic (exact) mass is 433 g/mol. The molecule has 1 aliphatic carbocycles. The van der Waals surface area contributed by atoms with Crippen molar-refractivity contribution in [2.24, 2.45) is 5.16 Å². The van der Waals surface area contributed by atoms with E-state index in [1.807, 2.05) is 54.6 Å². The first-order valence-corrected chi connectivity index (χ1v) is 10.5. The Kier molecular flexibility index (Phi) is 8.37. The van der Waals surface area contributed by atoms with E-state index in [1.54, 1.807) is 6.07 Å². The molecule has 2 aromatic carbocycles. The number of hydrogen-bond acceptors (Lipinski definition) is 6. The number of ether oxygens (including phenoxy) is 2. The maximum Gasteiger partial charge on any atom is 0.341 e. The Hall–Kier alpha value is -3.67. The van der Waals surface area contributed by atoms with Gasteiger partial charge in [-0.3, -0.25) is 0 Å². The summed E-state index contributed by atoms with van der Waals surface area (Å²) >= 11 is 0. The number of hydrogen-bond donors (Lipinski definition) is 0. The largest absolute Gasteiger partial charge is 0.488 e. The molecule has 0 unspecified atom stereocenters. The highest BCUT2D eigenvalue weighted by atomic mass is 16.7. The lowest BCUT2D eigenvalue weighted by atomic mass is 9.96. The third-order valence-electron chi connectivity index (χ3n) is 4.97. The van der Waals surface area contributed by atoms with E-state index < -0.39 is 11.9 Å². The van der Waals surface area contributed by atoms with Gasteiger partial charge in [-0.25, -0.2) is 9.59 Å². The summed E-state index contributed by atoms with van der Waals surface area (Å²) in [6.07, 6.45) is 9.15. The van der Waals surface area contributed by atoms with Gasteiger partial charge in [0.1, 0.15) is 17.9 Å². The van der Waals surface area contributed by atoms with Gasteiger partial charge in [-0.15, -0.1) is 0 Å². The van der Waals surface area contributed by atoms with Crippen LogP contribution in [0.4, 0.5) is 0 Å². The van der Waals surface area contributed by atoms with Gasteiger partial charge in [0, 0.05) is 13.3 Å². The van der Waals surface area contributed by atoms with Crippen LogP contribution in [0.25, 0.3) is 0 Å². The minimum Gasteiger partial charge on any atom is -0.488 e. The summed E-state index contributed by atoms with van der Waals surface area (Å²) in [7, 11) is 1.36. The van der Waals surface area contributed by atoms with E-state index >= 15 is 0 Å². The van der Waals surface area contributed by atoms with Gasteiger partial charge < -0.3 is 14.3 Å². The molecular weight excluding hydrogens is 406 g/mol. The molecule has 0 bridgehead atoms. The van der Waals surface area contributed by atoms with Gasteiger partial charge in [-0.1, -0.05) is 59.3 Å². The minimum atomic E-state index is -0.428. The van der Waals surface area contributed by atoms with E-state index in [0.29, 0.717) is 24.3 Å². The molecule has 0 aliphatic heterocycles. The number of carbonyl (C=O) groups excluding carboxylic acids is 2. The lowest BCUT2D eigenvalue weighted by Gasteiger charge is -2.13. The van der Waals surface area contributed by atoms with Crippen molar-refractivity contribution in [1.29, 1.82) is 0 Å². The number of methoxy groups -OCH3 is 1. The maximum absolute atomic E-state index is 12.1. The van der Waals surface area contributed by atoms with Crippen molar-refractivity contribution in [3.8, 4) is 5.75 Å². The maximum atomic E-state index is 12.1. The first-order chi connectivity index (χ1) is 15.5. The van der Waals surface area contributed by atoms with Crippen LogP contribution in [0, 0.1) is 0 Å². The van der Waals surface area contributed by atoms with Gasteiger partial charge in [-0.05, 0) is 48.6 Å². The fourth-order valence-electron chi connectivity index (χ4n) is 3.38. The molecule has 6 nitrogen and oxygen atoms in total. The number of allylic oxidation sites excluding steroid dienone is 4. The second-order valence-corrected chi connectivity index (χ2v) is 7.48. The van der Waals surface area contributed by atoms with Crippen molar-refractivity contribution in [3.05, 3.63) is 89.0 Å². The highest BCUT2D eigenvalue weighted by molar-refractivity contribution is 5.97. The predicted molar refractivity (Wildman–Crippen MR) is 123 cm³/mol. The molecule has 0 aromatic heterocycles. The minimum absolute atomic E-state index is 0.373. The number of nitrogens with zero attached hydrogens (tertiary/aromatic N) is 1. The average Bonchev–Trinajstić information content (AvgIpc) is 2.82. The summed E-state index contributed by atoms with van der Waals surface area (Å²) in [4.78, 5) is 27.8. The van der Waals surface area contributed by atoms with Crippen LogP contribution in [-0.4, -0.2) is 24.8 Å². The second kappa shape index (κ2) is 11.6. The van der Waals surface area contributed by atoms with Crippen molar-refractivity contribution >= 4 is 17.7 Å². The van der Waals surface area contributed by atoms with Crippen LogP contribution in [0.3, 0.4) is 0 Å². The van der Waals surface area contributed by atoms with Gasteiger partial charge in [0.2, 0.25) is 0 Å². The lowest BCUT2D eigenvalue weighted by molar-refractivity contribution is -0.140. The molecule has 0 heterocycles. The zero-order valence-corrected chi connectivity index (χ0v) is 18.4. The summed E-state index contributed by atoms with van der Waals surface area (Å²) < 4.78 is 10.9. The van der Waals surface area contributed by atoms with E-state index in [0.717, 1.165) is 36.1 Å². The quantitative estimate of drug-likeness (QED) is 0.309. The third kappa shape index (κ3) is 6.94. The Morgan fingerprint density at radius 3 is 2.59 bits per heavy atom. The standard InChI is InChI=1S/C26H27NO5/c1-19(28)32-27-23-13-7-12-20(16-23)10-6-11-21-14-15-24(26(29)30-2)25(17-21)31-18-22-8-4-3-5-9-22/h3-5,7-9,12-15,17H,6,10-11,16,18H2,1-2H3. The van der Waals surface area contributed by atoms with E-state index in [4.69, 9.17) is 14.3 Å². The molecular formula is C26H27NO5. The molecule has 0 saturated heterocycles. The lowest BCUT2D eigenvalue weighted by Crippen LogP contribution is -2.07. The Balaban J connectivity index is 1.61. The van der Waals surface area contributed by atoms with Crippen LogP contribution in [0.2, 0.25) is 0 Å². The van der Waals surface area contributed by atoms with E-state index in [1.165, 1.54) is 19.6 Å². The van der Waals surface area contributed by atoms with Crippen LogP contribution in [0.15, 0.2) is 77.5 Å². The molecule has 0 spiro atoms. The molecule has 0 N–H and O–H groups in total. The second-order valence-electron chi connectivity index (χ2n) is 7.48. The normalized spacial score (nSPS) is 14.1. The van der Waals surface area contributed by atoms with Crippen LogP contribution >= 0.6 is 0 Å². The summed E-state index contributed by atoms with van der Waals surface area (Å²) in [5.41, 5.74) is 4.49. The Bertz CT molecular complexity index is 1040. The molecule has 0 amide bonds. The summed E-state index contributed by atoms with van der Waals surface area (Å²) in [6.45, 7) is 1.70. The summed E-state index contributed by atoms with van der Waals surface area (Å²) in [5, 5.41) is 3.87. The number of esters is 1. The number of rotatable bonds is 9. The molecule has 2 aromatic rings. The molecule has 0 atom stereocenters. The van der Waals surface area contributed by atoms with Gasteiger partial charge >= 0.3 is 11.9 Å². The predicted octanol–water partition coefficient (Wildman–Crippen LogP) is 5.18. The zero-order valence-electron chi connectivity index (χ0n) is 18.4. The molecule has 0 radical (unpaired) electrons. The van der Waals surface area contributed by atoms with Crippen LogP contribution in [0.1, 0.15) is 47.7 Å². The van der Waals surface area contributed by atoms with Crippen molar-refractivity contribution in [2.75, 3.05) is 7.11 Å². The Morgan fingerprint density at radius 2 is 1.84 bits per heavy atom. The molecule has 3 rings (SSSR count). The van der Waals surface area contributed by atoms with Gasteiger partial charge in [-0.2, -0.15) is 0 Å². The molecule has 0 saturated carbocycles. The highest BCUT2D eigenvalue weighted by Gasteiger charge is 2.14. The first kappa shape index (κ1) is 23.0. The van der Waals surface area contributed by atoms with Crippen LogP contribution < -0.4 is 4.74 Å². The number of benzene rings is 2. The number of oxime groups is 1. The molecule has 166 valence electrons. The van der Waals surface area contributed by atoms with Crippen molar-refractivity contribution < 1.29 is 23.9 Å². The van der Waals surface area contributed by atoms with E-state index in [2.05, 4.69) is 11.2 Å². The third-order valence-corrected chi connectivity index (χ3v) is 4.97. The van der Waals surface area contributed by atoms with E-state index in [9.17, 15) is 9.59 Å². The first-order valence-electron chi connectivity index (χ1n) is 10.5. The fraction of sp³-hybridized carbons (Fsp3) is 0.269. The average molecular weight is 434 g/mol. The van der Waals surface area contributed by atoms with Crippen molar-refractivity contribution in [3.63, 3.8) is 0 Å². The molecule has 32 heavy (non-hydrogen) atoms.